The van der Waals surface area contributed by atoms with Crippen molar-refractivity contribution in [3.8, 4) is 0 Å². The highest BCUT2D eigenvalue weighted by atomic mass is 19.1. The van der Waals surface area contributed by atoms with Gasteiger partial charge in [0.1, 0.15) is 17.3 Å². The quantitative estimate of drug-likeness (QED) is 0.878. The van der Waals surface area contributed by atoms with Gasteiger partial charge >= 0.3 is 6.03 Å². The maximum Gasteiger partial charge on any atom is 0.340 e. The van der Waals surface area contributed by atoms with E-state index in [1.807, 2.05) is 0 Å². The number of benzene rings is 1. The molecule has 1 fully saturated rings. The average Bonchev–Trinajstić information content (AvgIpc) is 3.16. The Morgan fingerprint density at radius 3 is 2.81 bits per heavy atom. The van der Waals surface area contributed by atoms with E-state index in [4.69, 9.17) is 0 Å². The molecule has 1 saturated carbocycles. The zero-order valence-electron chi connectivity index (χ0n) is 14.2. The Kier molecular flexibility index (Phi) is 4.06. The second-order valence-corrected chi connectivity index (χ2v) is 6.44. The fourth-order valence-corrected chi connectivity index (χ4v) is 3.32. The predicted molar refractivity (Wildman–Crippen MR) is 93.3 cm³/mol. The van der Waals surface area contributed by atoms with Crippen LogP contribution in [0.4, 0.5) is 36.7 Å². The van der Waals surface area contributed by atoms with Gasteiger partial charge in [-0.05, 0) is 25.0 Å². The molecule has 4 rings (SSSR count). The zero-order valence-corrected chi connectivity index (χ0v) is 14.2. The first kappa shape index (κ1) is 16.5. The maximum atomic E-state index is 13.9. The van der Waals surface area contributed by atoms with Crippen molar-refractivity contribution in [2.45, 2.75) is 31.7 Å². The average molecular weight is 360 g/mol. The van der Waals surface area contributed by atoms with Gasteiger partial charge in [0, 0.05) is 13.1 Å². The lowest BCUT2D eigenvalue weighted by Crippen LogP contribution is -2.56. The molecular formula is C17H18F2N6O. The van der Waals surface area contributed by atoms with E-state index in [9.17, 15) is 13.6 Å². The number of hydrogen-bond donors (Lipinski definition) is 2. The normalized spacial score (nSPS) is 17.3. The van der Waals surface area contributed by atoms with Gasteiger partial charge in [-0.3, -0.25) is 9.91 Å². The number of anilines is 4. The van der Waals surface area contributed by atoms with Crippen molar-refractivity contribution in [3.63, 3.8) is 0 Å². The lowest BCUT2D eigenvalue weighted by atomic mass is 10.2. The number of halogens is 2. The molecule has 2 aliphatic rings. The Balaban J connectivity index is 1.70. The molecule has 1 aromatic heterocycles. The van der Waals surface area contributed by atoms with E-state index in [0.717, 1.165) is 43.9 Å². The highest BCUT2D eigenvalue weighted by Crippen LogP contribution is 2.35. The highest BCUT2D eigenvalue weighted by Gasteiger charge is 2.34. The monoisotopic (exact) mass is 360 g/mol. The molecule has 1 aliphatic heterocycles. The molecule has 2 amide bonds. The van der Waals surface area contributed by atoms with E-state index in [2.05, 4.69) is 20.7 Å². The van der Waals surface area contributed by atoms with Crippen molar-refractivity contribution in [3.05, 3.63) is 36.0 Å². The largest absolute Gasteiger partial charge is 0.340 e. The summed E-state index contributed by atoms with van der Waals surface area (Å²) in [5, 5.41) is 4.47. The van der Waals surface area contributed by atoms with E-state index < -0.39 is 11.6 Å². The Morgan fingerprint density at radius 1 is 1.27 bits per heavy atom. The minimum atomic E-state index is -0.606. The number of aromatic nitrogens is 2. The van der Waals surface area contributed by atoms with Crippen molar-refractivity contribution >= 4 is 29.2 Å². The fraction of sp³-hybridized carbons (Fsp3) is 0.353. The van der Waals surface area contributed by atoms with Crippen molar-refractivity contribution < 1.29 is 13.6 Å². The third-order valence-electron chi connectivity index (χ3n) is 4.73. The second-order valence-electron chi connectivity index (χ2n) is 6.44. The van der Waals surface area contributed by atoms with Crippen LogP contribution >= 0.6 is 0 Å². The molecule has 2 aromatic rings. The summed E-state index contributed by atoms with van der Waals surface area (Å²) in [5.74, 6) is -0.508. The van der Waals surface area contributed by atoms with Crippen LogP contribution in [0.15, 0.2) is 24.4 Å². The number of urea groups is 1. The summed E-state index contributed by atoms with van der Waals surface area (Å²) in [6.07, 6.45) is 5.59. The SMILES string of the molecule is CN1C(=O)NN(C2CCCC2)c2nc(Nc3cc(F)ccc3F)ncc21. The van der Waals surface area contributed by atoms with Crippen LogP contribution in [-0.4, -0.2) is 29.1 Å². The van der Waals surface area contributed by atoms with Crippen LogP contribution in [0.5, 0.6) is 0 Å². The van der Waals surface area contributed by atoms with Gasteiger partial charge in [0.05, 0.1) is 17.9 Å². The minimum absolute atomic E-state index is 0.0504. The molecule has 0 saturated heterocycles. The van der Waals surface area contributed by atoms with Crippen LogP contribution in [0.25, 0.3) is 0 Å². The van der Waals surface area contributed by atoms with Crippen molar-refractivity contribution in [1.82, 2.24) is 15.4 Å². The number of hydrazine groups is 1. The summed E-state index contributed by atoms with van der Waals surface area (Å²) in [7, 11) is 1.63. The number of nitrogens with zero attached hydrogens (tertiary/aromatic N) is 4. The highest BCUT2D eigenvalue weighted by molar-refractivity contribution is 5.98. The summed E-state index contributed by atoms with van der Waals surface area (Å²) in [6.45, 7) is 0. The van der Waals surface area contributed by atoms with Crippen LogP contribution in [0, 0.1) is 11.6 Å². The number of rotatable bonds is 3. The maximum absolute atomic E-state index is 13.9. The Morgan fingerprint density at radius 2 is 2.04 bits per heavy atom. The molecule has 0 atom stereocenters. The van der Waals surface area contributed by atoms with Gasteiger partial charge in [-0.2, -0.15) is 4.98 Å². The van der Waals surface area contributed by atoms with Gasteiger partial charge in [0.15, 0.2) is 5.82 Å². The molecule has 136 valence electrons. The summed E-state index contributed by atoms with van der Waals surface area (Å²) in [5.41, 5.74) is 3.35. The molecule has 0 radical (unpaired) electrons. The van der Waals surface area contributed by atoms with E-state index in [1.165, 1.54) is 11.1 Å². The molecule has 1 aromatic carbocycles. The number of carbonyl (C=O) groups is 1. The Bertz CT molecular complexity index is 855. The molecule has 0 bridgehead atoms. The van der Waals surface area contributed by atoms with E-state index in [0.29, 0.717) is 11.5 Å². The lowest BCUT2D eigenvalue weighted by Gasteiger charge is -2.38. The third kappa shape index (κ3) is 2.89. The molecule has 26 heavy (non-hydrogen) atoms. The second kappa shape index (κ2) is 6.40. The molecule has 0 unspecified atom stereocenters. The minimum Gasteiger partial charge on any atom is -0.322 e. The topological polar surface area (TPSA) is 73.4 Å². The van der Waals surface area contributed by atoms with Crippen molar-refractivity contribution in [2.24, 2.45) is 0 Å². The summed E-state index contributed by atoms with van der Waals surface area (Å²) < 4.78 is 27.2. The molecular weight excluding hydrogens is 342 g/mol. The molecule has 0 spiro atoms. The van der Waals surface area contributed by atoms with Gasteiger partial charge < -0.3 is 5.32 Å². The van der Waals surface area contributed by atoms with Gasteiger partial charge in [-0.15, -0.1) is 0 Å². The standard InChI is InChI=1S/C17H18F2N6O/c1-24-14-9-20-16(21-13-8-10(18)6-7-12(13)19)22-15(14)25(23-17(24)26)11-4-2-3-5-11/h6-9,11H,2-5H2,1H3,(H,23,26)(H,20,21,22). The van der Waals surface area contributed by atoms with Crippen molar-refractivity contribution in [2.75, 3.05) is 22.3 Å². The summed E-state index contributed by atoms with van der Waals surface area (Å²) >= 11 is 0. The molecule has 7 nitrogen and oxygen atoms in total. The van der Waals surface area contributed by atoms with Crippen LogP contribution < -0.4 is 20.7 Å². The van der Waals surface area contributed by atoms with Gasteiger partial charge in [0.2, 0.25) is 5.95 Å². The Hall–Kier alpha value is -2.97. The first-order valence-corrected chi connectivity index (χ1v) is 8.45. The van der Waals surface area contributed by atoms with E-state index in [1.54, 1.807) is 12.1 Å². The molecule has 9 heteroatoms. The van der Waals surface area contributed by atoms with E-state index >= 15 is 0 Å². The van der Waals surface area contributed by atoms with Crippen LogP contribution in [0.2, 0.25) is 0 Å². The lowest BCUT2D eigenvalue weighted by molar-refractivity contribution is 0.243. The number of carbonyl (C=O) groups excluding carboxylic acids is 1. The van der Waals surface area contributed by atoms with Gasteiger partial charge in [-0.1, -0.05) is 12.8 Å². The predicted octanol–water partition coefficient (Wildman–Crippen LogP) is 3.32. The first-order valence-electron chi connectivity index (χ1n) is 8.45. The van der Waals surface area contributed by atoms with Crippen LogP contribution in [0.3, 0.4) is 0 Å². The molecule has 1 aliphatic carbocycles. The third-order valence-corrected chi connectivity index (χ3v) is 4.73. The first-order chi connectivity index (χ1) is 12.5. The fourth-order valence-electron chi connectivity index (χ4n) is 3.32. The van der Waals surface area contributed by atoms with Crippen molar-refractivity contribution in [1.29, 1.82) is 0 Å². The number of nitrogens with one attached hydrogen (secondary N) is 2. The van der Waals surface area contributed by atoms with Crippen LogP contribution in [-0.2, 0) is 0 Å². The molecule has 2 N–H and O–H groups in total. The molecule has 2 heterocycles. The number of amides is 2. The summed E-state index contributed by atoms with van der Waals surface area (Å²) in [6, 6.07) is 3.01. The van der Waals surface area contributed by atoms with Gasteiger partial charge in [-0.25, -0.2) is 24.0 Å². The number of hydrogen-bond acceptors (Lipinski definition) is 5. The van der Waals surface area contributed by atoms with Gasteiger partial charge in [0.25, 0.3) is 0 Å². The summed E-state index contributed by atoms with van der Waals surface area (Å²) in [4.78, 5) is 22.2. The zero-order chi connectivity index (χ0) is 18.3. The number of fused-ring (bicyclic) bond motifs is 1. The Labute approximate surface area is 149 Å². The van der Waals surface area contributed by atoms with Crippen LogP contribution in [0.1, 0.15) is 25.7 Å². The van der Waals surface area contributed by atoms with E-state index in [-0.39, 0.29) is 23.7 Å². The smallest absolute Gasteiger partial charge is 0.322 e.